The van der Waals surface area contributed by atoms with Crippen LogP contribution in [0.3, 0.4) is 0 Å². The Morgan fingerprint density at radius 3 is 2.56 bits per heavy atom. The lowest BCUT2D eigenvalue weighted by molar-refractivity contribution is -0.160. The van der Waals surface area contributed by atoms with Crippen molar-refractivity contribution in [3.8, 4) is 5.75 Å². The molecule has 0 aliphatic carbocycles. The second-order valence-electron chi connectivity index (χ2n) is 10.5. The zero-order chi connectivity index (χ0) is 28.2. The molecule has 9 nitrogen and oxygen atoms in total. The number of rotatable bonds is 14. The van der Waals surface area contributed by atoms with Crippen LogP contribution in [0.15, 0.2) is 49.6 Å². The van der Waals surface area contributed by atoms with Gasteiger partial charge in [0.15, 0.2) is 0 Å². The second kappa shape index (κ2) is 11.9. The lowest BCUT2D eigenvalue weighted by atomic mass is 9.65. The molecule has 1 aromatic rings. The van der Waals surface area contributed by atoms with E-state index in [9.17, 15) is 19.5 Å². The highest BCUT2D eigenvalue weighted by Crippen LogP contribution is 2.64. The third-order valence-corrected chi connectivity index (χ3v) is 8.50. The first kappa shape index (κ1) is 28.8. The molecule has 9 heteroatoms. The quantitative estimate of drug-likeness (QED) is 0.219. The molecule has 212 valence electrons. The third-order valence-electron chi connectivity index (χ3n) is 8.50. The average Bonchev–Trinajstić information content (AvgIpc) is 3.55. The molecule has 5 atom stereocenters. The van der Waals surface area contributed by atoms with Crippen LogP contribution in [0.25, 0.3) is 0 Å². The van der Waals surface area contributed by atoms with E-state index in [1.165, 1.54) is 0 Å². The van der Waals surface area contributed by atoms with E-state index in [0.29, 0.717) is 50.0 Å². The molecule has 3 aliphatic rings. The number of hydrogen-bond acceptors (Lipinski definition) is 7. The Morgan fingerprint density at radius 1 is 1.21 bits per heavy atom. The standard InChI is InChI=1S/C30H40N2O7/c1-5-8-20-38-28(36)24-23-26(34)32(18-9-10-19-33)25(30(23)16-15-29(24,7-3)39-30)27(35)31(17-6-2)21-11-13-22(37-4)14-12-21/h5-6,11-14,23-25,33H,1-2,7-10,15-20H2,3-4H3/t23-,24+,25?,29-,30?/m0/s1. The number of nitrogens with zero attached hydrogens (tertiary/aromatic N) is 2. The molecule has 3 fully saturated rings. The fourth-order valence-corrected chi connectivity index (χ4v) is 6.68. The molecular formula is C30H40N2O7. The largest absolute Gasteiger partial charge is 0.497 e. The molecule has 1 aromatic carbocycles. The van der Waals surface area contributed by atoms with Gasteiger partial charge in [-0.25, -0.2) is 0 Å². The third kappa shape index (κ3) is 4.87. The van der Waals surface area contributed by atoms with Crippen LogP contribution in [0.4, 0.5) is 5.69 Å². The molecule has 1 N–H and O–H groups in total. The number of aliphatic hydroxyl groups excluding tert-OH is 1. The van der Waals surface area contributed by atoms with Gasteiger partial charge in [-0.2, -0.15) is 0 Å². The van der Waals surface area contributed by atoms with E-state index >= 15 is 0 Å². The summed E-state index contributed by atoms with van der Waals surface area (Å²) in [5, 5.41) is 9.39. The number of fused-ring (bicyclic) bond motifs is 1. The van der Waals surface area contributed by atoms with Crippen LogP contribution >= 0.6 is 0 Å². The smallest absolute Gasteiger partial charge is 0.312 e. The van der Waals surface area contributed by atoms with Crippen LogP contribution < -0.4 is 9.64 Å². The zero-order valence-electron chi connectivity index (χ0n) is 23.0. The first-order chi connectivity index (χ1) is 18.8. The number of carbonyl (C=O) groups excluding carboxylic acids is 3. The molecule has 3 saturated heterocycles. The van der Waals surface area contributed by atoms with Crippen molar-refractivity contribution in [2.45, 2.75) is 62.7 Å². The van der Waals surface area contributed by atoms with Crippen LogP contribution in [-0.2, 0) is 23.9 Å². The Balaban J connectivity index is 1.76. The Bertz CT molecular complexity index is 1090. The number of benzene rings is 1. The Morgan fingerprint density at radius 2 is 1.95 bits per heavy atom. The van der Waals surface area contributed by atoms with E-state index in [4.69, 9.17) is 14.2 Å². The maximum atomic E-state index is 14.5. The van der Waals surface area contributed by atoms with Gasteiger partial charge >= 0.3 is 5.97 Å². The summed E-state index contributed by atoms with van der Waals surface area (Å²) in [6, 6.07) is 6.22. The van der Waals surface area contributed by atoms with Crippen molar-refractivity contribution in [2.24, 2.45) is 11.8 Å². The molecule has 4 rings (SSSR count). The van der Waals surface area contributed by atoms with Crippen LogP contribution in [0.1, 0.15) is 45.4 Å². The second-order valence-corrected chi connectivity index (χ2v) is 10.5. The minimum Gasteiger partial charge on any atom is -0.497 e. The van der Waals surface area contributed by atoms with Crippen molar-refractivity contribution < 1.29 is 33.7 Å². The monoisotopic (exact) mass is 540 g/mol. The van der Waals surface area contributed by atoms with Gasteiger partial charge in [0.05, 0.1) is 25.2 Å². The topological polar surface area (TPSA) is 106 Å². The molecule has 2 unspecified atom stereocenters. The Hall–Kier alpha value is -3.17. The van der Waals surface area contributed by atoms with Gasteiger partial charge in [-0.3, -0.25) is 14.4 Å². The van der Waals surface area contributed by atoms with Crippen molar-refractivity contribution >= 4 is 23.5 Å². The van der Waals surface area contributed by atoms with Crippen molar-refractivity contribution in [1.29, 1.82) is 0 Å². The summed E-state index contributed by atoms with van der Waals surface area (Å²) in [5.74, 6) is -1.95. The van der Waals surface area contributed by atoms with Crippen LogP contribution in [0, 0.1) is 11.8 Å². The van der Waals surface area contributed by atoms with Gasteiger partial charge < -0.3 is 29.1 Å². The maximum Gasteiger partial charge on any atom is 0.312 e. The van der Waals surface area contributed by atoms with E-state index in [0.717, 1.165) is 0 Å². The highest BCUT2D eigenvalue weighted by Gasteiger charge is 2.79. The average molecular weight is 541 g/mol. The van der Waals surface area contributed by atoms with Gasteiger partial charge in [0.1, 0.15) is 23.3 Å². The zero-order valence-corrected chi connectivity index (χ0v) is 23.0. The van der Waals surface area contributed by atoms with E-state index in [1.54, 1.807) is 53.3 Å². The molecule has 2 bridgehead atoms. The molecule has 1 spiro atoms. The van der Waals surface area contributed by atoms with Gasteiger partial charge in [0, 0.05) is 25.4 Å². The molecule has 0 aromatic heterocycles. The van der Waals surface area contributed by atoms with Gasteiger partial charge in [0.2, 0.25) is 5.91 Å². The molecule has 39 heavy (non-hydrogen) atoms. The fourth-order valence-electron chi connectivity index (χ4n) is 6.68. The number of hydrogen-bond donors (Lipinski definition) is 1. The number of amides is 2. The predicted molar refractivity (Wildman–Crippen MR) is 146 cm³/mol. The van der Waals surface area contributed by atoms with Gasteiger partial charge in [-0.15, -0.1) is 13.2 Å². The van der Waals surface area contributed by atoms with E-state index < -0.39 is 35.0 Å². The van der Waals surface area contributed by atoms with E-state index in [-0.39, 0.29) is 38.1 Å². The van der Waals surface area contributed by atoms with Crippen LogP contribution in [-0.4, -0.2) is 78.4 Å². The fraction of sp³-hybridized carbons (Fsp3) is 0.567. The number of likely N-dealkylation sites (tertiary alicyclic amines) is 1. The lowest BCUT2D eigenvalue weighted by Crippen LogP contribution is -2.56. The number of carbonyl (C=O) groups is 3. The molecule has 3 heterocycles. The summed E-state index contributed by atoms with van der Waals surface area (Å²) in [4.78, 5) is 45.3. The van der Waals surface area contributed by atoms with Gasteiger partial charge in [-0.05, 0) is 62.8 Å². The van der Waals surface area contributed by atoms with Gasteiger partial charge in [-0.1, -0.05) is 19.1 Å². The Labute approximate surface area is 230 Å². The highest BCUT2D eigenvalue weighted by atomic mass is 16.6. The van der Waals surface area contributed by atoms with Crippen LogP contribution in [0.2, 0.25) is 0 Å². The Kier molecular flexibility index (Phi) is 8.81. The van der Waals surface area contributed by atoms with E-state index in [2.05, 4.69) is 13.2 Å². The summed E-state index contributed by atoms with van der Waals surface area (Å²) in [6.45, 7) is 10.1. The molecule has 2 amide bonds. The normalized spacial score (nSPS) is 28.7. The maximum absolute atomic E-state index is 14.5. The van der Waals surface area contributed by atoms with Gasteiger partial charge in [0.25, 0.3) is 5.91 Å². The minimum absolute atomic E-state index is 0.0165. The molecular weight excluding hydrogens is 500 g/mol. The summed E-state index contributed by atoms with van der Waals surface area (Å²) < 4.78 is 17.6. The predicted octanol–water partition coefficient (Wildman–Crippen LogP) is 3.26. The van der Waals surface area contributed by atoms with Crippen molar-refractivity contribution in [2.75, 3.05) is 38.3 Å². The van der Waals surface area contributed by atoms with Crippen molar-refractivity contribution in [3.63, 3.8) is 0 Å². The highest BCUT2D eigenvalue weighted by molar-refractivity contribution is 6.04. The van der Waals surface area contributed by atoms with Crippen LogP contribution in [0.5, 0.6) is 5.75 Å². The number of unbranched alkanes of at least 4 members (excludes halogenated alkanes) is 1. The number of ether oxygens (including phenoxy) is 3. The minimum atomic E-state index is -1.14. The summed E-state index contributed by atoms with van der Waals surface area (Å²) in [6.07, 6.45) is 6.42. The van der Waals surface area contributed by atoms with Crippen molar-refractivity contribution in [3.05, 3.63) is 49.6 Å². The summed E-state index contributed by atoms with van der Waals surface area (Å²) in [7, 11) is 1.58. The first-order valence-corrected chi connectivity index (χ1v) is 13.8. The molecule has 0 radical (unpaired) electrons. The number of esters is 1. The lowest BCUT2D eigenvalue weighted by Gasteiger charge is -2.37. The van der Waals surface area contributed by atoms with Crippen molar-refractivity contribution in [1.82, 2.24) is 4.90 Å². The first-order valence-electron chi connectivity index (χ1n) is 13.8. The summed E-state index contributed by atoms with van der Waals surface area (Å²) in [5.41, 5.74) is -1.36. The SMILES string of the molecule is C=CCCOC(=O)[C@H]1[C@H]2C(=O)N(CCCCO)C(C(=O)N(CC=C)c3ccc(OC)cc3)C23CC[C@]1(CC)O3. The molecule has 3 aliphatic heterocycles. The molecule has 0 saturated carbocycles. The number of aliphatic hydroxyl groups is 1. The van der Waals surface area contributed by atoms with E-state index in [1.807, 2.05) is 6.92 Å². The number of methoxy groups -OCH3 is 1. The summed E-state index contributed by atoms with van der Waals surface area (Å²) >= 11 is 0. The number of anilines is 1.